The van der Waals surface area contributed by atoms with E-state index in [9.17, 15) is 9.18 Å². The highest BCUT2D eigenvalue weighted by Crippen LogP contribution is 2.38. The second-order valence-electron chi connectivity index (χ2n) is 7.33. The smallest absolute Gasteiger partial charge is 0.307 e. The van der Waals surface area contributed by atoms with Gasteiger partial charge in [-0.2, -0.15) is 0 Å². The number of halogens is 2. The van der Waals surface area contributed by atoms with Gasteiger partial charge in [0.15, 0.2) is 0 Å². The number of rotatable bonds is 5. The summed E-state index contributed by atoms with van der Waals surface area (Å²) in [5.74, 6) is -2.19. The maximum Gasteiger partial charge on any atom is 0.307 e. The topological polar surface area (TPSA) is 52.3 Å². The summed E-state index contributed by atoms with van der Waals surface area (Å²) < 4.78 is 35.5. The first kappa shape index (κ1) is 22.2. The van der Waals surface area contributed by atoms with Gasteiger partial charge in [-0.25, -0.2) is 8.78 Å². The molecule has 2 N–H and O–H groups in total. The average Bonchev–Trinajstić information content (AvgIpc) is 2.57. The summed E-state index contributed by atoms with van der Waals surface area (Å²) in [4.78, 5) is 11.9. The van der Waals surface area contributed by atoms with Crippen molar-refractivity contribution < 1.29 is 18.3 Å². The Morgan fingerprint density at radius 2 is 1.57 bits per heavy atom. The number of esters is 1. The quantitative estimate of drug-likeness (QED) is 0.595. The van der Waals surface area contributed by atoms with Crippen LogP contribution in [0, 0.1) is 46.3 Å². The SMILES string of the molecule is CCOC(=O)C[C@](N)([Si])c1c(F)c(C)cc(-c2c(C)c(C)cc(C)c2C)c1F. The summed E-state index contributed by atoms with van der Waals surface area (Å²) in [5, 5.41) is -1.73. The van der Waals surface area contributed by atoms with Crippen molar-refractivity contribution in [3.05, 3.63) is 57.1 Å². The molecule has 0 saturated heterocycles. The number of nitrogens with two attached hydrogens (primary N) is 1. The van der Waals surface area contributed by atoms with Crippen molar-refractivity contribution in [3.8, 4) is 11.1 Å². The zero-order valence-electron chi connectivity index (χ0n) is 17.2. The van der Waals surface area contributed by atoms with Gasteiger partial charge in [-0.15, -0.1) is 0 Å². The second kappa shape index (κ2) is 8.13. The van der Waals surface area contributed by atoms with E-state index in [4.69, 9.17) is 10.5 Å². The van der Waals surface area contributed by atoms with Crippen LogP contribution in [0.1, 0.15) is 46.7 Å². The largest absolute Gasteiger partial charge is 0.466 e. The molecule has 0 bridgehead atoms. The summed E-state index contributed by atoms with van der Waals surface area (Å²) in [7, 11) is 3.23. The van der Waals surface area contributed by atoms with E-state index in [0.717, 1.165) is 27.8 Å². The van der Waals surface area contributed by atoms with Crippen LogP contribution in [0.4, 0.5) is 8.78 Å². The summed E-state index contributed by atoms with van der Waals surface area (Å²) in [6, 6.07) is 3.54. The van der Waals surface area contributed by atoms with E-state index >= 15 is 4.39 Å². The Kier molecular flexibility index (Phi) is 6.46. The summed E-state index contributed by atoms with van der Waals surface area (Å²) in [6.45, 7) is 11.1. The molecule has 3 radical (unpaired) electrons. The number of benzene rings is 2. The lowest BCUT2D eigenvalue weighted by Crippen LogP contribution is -2.42. The molecule has 1 atom stereocenters. The molecule has 0 aliphatic rings. The molecule has 28 heavy (non-hydrogen) atoms. The molecule has 0 fully saturated rings. The van der Waals surface area contributed by atoms with Gasteiger partial charge in [0.1, 0.15) is 11.6 Å². The van der Waals surface area contributed by atoms with Crippen molar-refractivity contribution in [2.45, 2.75) is 53.1 Å². The summed E-state index contributed by atoms with van der Waals surface area (Å²) in [5.41, 5.74) is 10.9. The van der Waals surface area contributed by atoms with Crippen molar-refractivity contribution in [1.82, 2.24) is 0 Å². The third-order valence-electron chi connectivity index (χ3n) is 5.19. The highest BCUT2D eigenvalue weighted by molar-refractivity contribution is 6.17. The minimum Gasteiger partial charge on any atom is -0.466 e. The minimum absolute atomic E-state index is 0.159. The van der Waals surface area contributed by atoms with E-state index in [1.165, 1.54) is 6.07 Å². The molecule has 0 amide bonds. The first-order valence-corrected chi connectivity index (χ1v) is 9.68. The van der Waals surface area contributed by atoms with Crippen LogP contribution < -0.4 is 5.73 Å². The van der Waals surface area contributed by atoms with E-state index in [1.807, 2.05) is 33.8 Å². The Balaban J connectivity index is 2.78. The summed E-state index contributed by atoms with van der Waals surface area (Å²) >= 11 is 0. The standard InChI is InChI=1S/C22H26F2NO2Si/c1-7-27-17(26)10-22(25,28)19-20(23)13(4)9-16(21(19)24)18-14(5)11(2)8-12(3)15(18)6/h8-9H,7,10,25H2,1-6H3/t22-/m0/s1. The van der Waals surface area contributed by atoms with Crippen molar-refractivity contribution in [1.29, 1.82) is 0 Å². The van der Waals surface area contributed by atoms with Gasteiger partial charge >= 0.3 is 5.97 Å². The molecule has 0 unspecified atom stereocenters. The van der Waals surface area contributed by atoms with Gasteiger partial charge in [0, 0.05) is 16.3 Å². The van der Waals surface area contributed by atoms with Gasteiger partial charge < -0.3 is 10.5 Å². The molecule has 0 spiro atoms. The van der Waals surface area contributed by atoms with Crippen LogP contribution in [-0.4, -0.2) is 22.8 Å². The molecule has 2 aromatic rings. The molecular weight excluding hydrogens is 376 g/mol. The Morgan fingerprint density at radius 3 is 2.07 bits per heavy atom. The third-order valence-corrected chi connectivity index (χ3v) is 5.62. The first-order chi connectivity index (χ1) is 12.9. The monoisotopic (exact) mass is 402 g/mol. The molecule has 2 aromatic carbocycles. The summed E-state index contributed by atoms with van der Waals surface area (Å²) in [6.07, 6.45) is -0.404. The molecular formula is C22H26F2NO2Si. The molecule has 0 saturated carbocycles. The lowest BCUT2D eigenvalue weighted by atomic mass is 9.86. The fourth-order valence-electron chi connectivity index (χ4n) is 3.49. The van der Waals surface area contributed by atoms with Crippen LogP contribution in [0.5, 0.6) is 0 Å². The highest BCUT2D eigenvalue weighted by Gasteiger charge is 2.34. The van der Waals surface area contributed by atoms with Gasteiger partial charge in [-0.1, -0.05) is 6.07 Å². The van der Waals surface area contributed by atoms with Crippen LogP contribution in [0.2, 0.25) is 0 Å². The van der Waals surface area contributed by atoms with Crippen LogP contribution in [0.3, 0.4) is 0 Å². The average molecular weight is 403 g/mol. The van der Waals surface area contributed by atoms with Crippen molar-refractivity contribution in [3.63, 3.8) is 0 Å². The van der Waals surface area contributed by atoms with Crippen LogP contribution in [0.15, 0.2) is 12.1 Å². The van der Waals surface area contributed by atoms with Gasteiger partial charge in [-0.05, 0) is 81.0 Å². The number of aryl methyl sites for hydroxylation is 3. The lowest BCUT2D eigenvalue weighted by molar-refractivity contribution is -0.143. The Labute approximate surface area is 168 Å². The number of hydrogen-bond acceptors (Lipinski definition) is 3. The zero-order valence-corrected chi connectivity index (χ0v) is 18.2. The third kappa shape index (κ3) is 4.03. The van der Waals surface area contributed by atoms with E-state index in [2.05, 4.69) is 10.2 Å². The van der Waals surface area contributed by atoms with Crippen LogP contribution in [0.25, 0.3) is 11.1 Å². The van der Waals surface area contributed by atoms with E-state index in [-0.39, 0.29) is 23.3 Å². The molecule has 0 aromatic heterocycles. The second-order valence-corrected chi connectivity index (χ2v) is 8.22. The molecule has 149 valence electrons. The number of hydrogen-bond donors (Lipinski definition) is 1. The minimum atomic E-state index is -1.73. The van der Waals surface area contributed by atoms with Gasteiger partial charge in [0.05, 0.1) is 23.3 Å². The predicted octanol–water partition coefficient (Wildman–Crippen LogP) is 4.41. The predicted molar refractivity (Wildman–Crippen MR) is 108 cm³/mol. The molecule has 0 aliphatic carbocycles. The molecule has 2 rings (SSSR count). The number of carbonyl (C=O) groups excluding carboxylic acids is 1. The van der Waals surface area contributed by atoms with Crippen LogP contribution >= 0.6 is 0 Å². The Morgan fingerprint density at radius 1 is 1.04 bits per heavy atom. The Hall–Kier alpha value is -2.05. The fourth-order valence-corrected chi connectivity index (χ4v) is 3.86. The van der Waals surface area contributed by atoms with E-state index in [1.54, 1.807) is 13.8 Å². The Bertz CT molecular complexity index is 913. The molecule has 0 heterocycles. The molecule has 6 heteroatoms. The van der Waals surface area contributed by atoms with Crippen molar-refractivity contribution >= 4 is 16.2 Å². The van der Waals surface area contributed by atoms with Gasteiger partial charge in [-0.3, -0.25) is 4.79 Å². The van der Waals surface area contributed by atoms with Crippen molar-refractivity contribution in [2.75, 3.05) is 6.61 Å². The lowest BCUT2D eigenvalue weighted by Gasteiger charge is -2.28. The van der Waals surface area contributed by atoms with Crippen LogP contribution in [-0.2, 0) is 14.7 Å². The first-order valence-electron chi connectivity index (χ1n) is 9.18. The van der Waals surface area contributed by atoms with Crippen molar-refractivity contribution in [2.24, 2.45) is 5.73 Å². The number of carbonyl (C=O) groups is 1. The maximum atomic E-state index is 15.7. The van der Waals surface area contributed by atoms with Gasteiger partial charge in [0.2, 0.25) is 0 Å². The fraction of sp³-hybridized carbons (Fsp3) is 0.409. The molecule has 3 nitrogen and oxygen atoms in total. The van der Waals surface area contributed by atoms with Gasteiger partial charge in [0.25, 0.3) is 0 Å². The van der Waals surface area contributed by atoms with E-state index < -0.39 is 29.2 Å². The molecule has 0 aliphatic heterocycles. The van der Waals surface area contributed by atoms with E-state index in [0.29, 0.717) is 0 Å². The zero-order chi connectivity index (χ0) is 21.4. The normalized spacial score (nSPS) is 13.4. The number of ether oxygens (including phenoxy) is 1. The highest BCUT2D eigenvalue weighted by atomic mass is 28.1. The maximum absolute atomic E-state index is 15.7.